The van der Waals surface area contributed by atoms with Crippen molar-refractivity contribution < 1.29 is 4.79 Å². The summed E-state index contributed by atoms with van der Waals surface area (Å²) in [5.74, 6) is 0.141. The lowest BCUT2D eigenvalue weighted by Gasteiger charge is -2.37. The zero-order valence-electron chi connectivity index (χ0n) is 12.3. The Kier molecular flexibility index (Phi) is 3.13. The summed E-state index contributed by atoms with van der Waals surface area (Å²) in [6, 6.07) is 10.7. The highest BCUT2D eigenvalue weighted by Crippen LogP contribution is 2.34. The van der Waals surface area contributed by atoms with Gasteiger partial charge in [0.15, 0.2) is 0 Å². The Morgan fingerprint density at radius 1 is 1.20 bits per heavy atom. The average molecular weight is 268 g/mol. The van der Waals surface area contributed by atoms with E-state index >= 15 is 0 Å². The Balaban J connectivity index is 2.14. The van der Waals surface area contributed by atoms with Crippen molar-refractivity contribution in [1.82, 2.24) is 9.47 Å². The van der Waals surface area contributed by atoms with Gasteiger partial charge in [0.05, 0.1) is 6.04 Å². The second-order valence-corrected chi connectivity index (χ2v) is 5.60. The molecule has 0 spiro atoms. The maximum atomic E-state index is 12.0. The predicted octanol–water partition coefficient (Wildman–Crippen LogP) is 3.06. The minimum absolute atomic E-state index is 0.0387. The molecular formula is C17H20N2O. The van der Waals surface area contributed by atoms with Crippen LogP contribution in [0, 0.1) is 13.8 Å². The third-order valence-electron chi connectivity index (χ3n) is 4.16. The molecule has 1 atom stereocenters. The molecule has 0 bridgehead atoms. The van der Waals surface area contributed by atoms with Crippen LogP contribution in [0.15, 0.2) is 36.5 Å². The largest absolute Gasteiger partial charge is 0.348 e. The monoisotopic (exact) mass is 268 g/mol. The zero-order chi connectivity index (χ0) is 14.3. The SMILES string of the molecule is CC(=O)N1CCn2cccc2C1c1ccc(C)cc1C. The second-order valence-electron chi connectivity index (χ2n) is 5.60. The molecule has 1 aromatic heterocycles. The number of carbonyl (C=O) groups is 1. The molecule has 2 aromatic rings. The molecule has 3 nitrogen and oxygen atoms in total. The maximum Gasteiger partial charge on any atom is 0.220 e. The van der Waals surface area contributed by atoms with E-state index in [4.69, 9.17) is 0 Å². The lowest BCUT2D eigenvalue weighted by molar-refractivity contribution is -0.131. The van der Waals surface area contributed by atoms with Crippen molar-refractivity contribution in [2.75, 3.05) is 6.54 Å². The number of rotatable bonds is 1. The molecule has 0 aliphatic carbocycles. The average Bonchev–Trinajstić information content (AvgIpc) is 2.86. The van der Waals surface area contributed by atoms with Gasteiger partial charge in [-0.3, -0.25) is 4.79 Å². The van der Waals surface area contributed by atoms with Gasteiger partial charge in [-0.2, -0.15) is 0 Å². The van der Waals surface area contributed by atoms with E-state index in [1.807, 2.05) is 4.90 Å². The van der Waals surface area contributed by atoms with Gasteiger partial charge in [-0.1, -0.05) is 23.8 Å². The topological polar surface area (TPSA) is 25.2 Å². The minimum atomic E-state index is 0.0387. The molecule has 0 N–H and O–H groups in total. The summed E-state index contributed by atoms with van der Waals surface area (Å²) in [5.41, 5.74) is 4.94. The highest BCUT2D eigenvalue weighted by Gasteiger charge is 2.31. The number of nitrogens with zero attached hydrogens (tertiary/aromatic N) is 2. The van der Waals surface area contributed by atoms with Crippen LogP contribution in [0.3, 0.4) is 0 Å². The molecule has 0 fully saturated rings. The Labute approximate surface area is 119 Å². The van der Waals surface area contributed by atoms with E-state index in [-0.39, 0.29) is 11.9 Å². The molecular weight excluding hydrogens is 248 g/mol. The number of amides is 1. The number of aryl methyl sites for hydroxylation is 2. The van der Waals surface area contributed by atoms with Gasteiger partial charge in [-0.15, -0.1) is 0 Å². The minimum Gasteiger partial charge on any atom is -0.348 e. The highest BCUT2D eigenvalue weighted by molar-refractivity contribution is 5.74. The van der Waals surface area contributed by atoms with Gasteiger partial charge in [0.25, 0.3) is 0 Å². The van der Waals surface area contributed by atoms with Crippen LogP contribution in [0.25, 0.3) is 0 Å². The van der Waals surface area contributed by atoms with Gasteiger partial charge in [-0.25, -0.2) is 0 Å². The second kappa shape index (κ2) is 4.82. The number of hydrogen-bond donors (Lipinski definition) is 0. The summed E-state index contributed by atoms with van der Waals surface area (Å²) in [7, 11) is 0. The van der Waals surface area contributed by atoms with Crippen molar-refractivity contribution in [2.45, 2.75) is 33.4 Å². The third-order valence-corrected chi connectivity index (χ3v) is 4.16. The van der Waals surface area contributed by atoms with Crippen LogP contribution >= 0.6 is 0 Å². The van der Waals surface area contributed by atoms with Crippen molar-refractivity contribution in [2.24, 2.45) is 0 Å². The molecule has 2 heterocycles. The van der Waals surface area contributed by atoms with Crippen molar-refractivity contribution in [3.63, 3.8) is 0 Å². The number of benzene rings is 1. The van der Waals surface area contributed by atoms with E-state index in [9.17, 15) is 4.79 Å². The first-order valence-corrected chi connectivity index (χ1v) is 7.07. The van der Waals surface area contributed by atoms with Crippen molar-refractivity contribution in [3.8, 4) is 0 Å². The molecule has 1 unspecified atom stereocenters. The Bertz CT molecular complexity index is 657. The van der Waals surface area contributed by atoms with E-state index in [0.29, 0.717) is 0 Å². The van der Waals surface area contributed by atoms with Crippen LogP contribution < -0.4 is 0 Å². The van der Waals surface area contributed by atoms with Crippen LogP contribution in [-0.4, -0.2) is 21.9 Å². The van der Waals surface area contributed by atoms with E-state index < -0.39 is 0 Å². The lowest BCUT2D eigenvalue weighted by Crippen LogP contribution is -2.41. The van der Waals surface area contributed by atoms with Gasteiger partial charge in [0, 0.05) is 31.9 Å². The van der Waals surface area contributed by atoms with Gasteiger partial charge < -0.3 is 9.47 Å². The number of hydrogen-bond acceptors (Lipinski definition) is 1. The lowest BCUT2D eigenvalue weighted by atomic mass is 9.94. The fourth-order valence-electron chi connectivity index (χ4n) is 3.18. The van der Waals surface area contributed by atoms with Crippen molar-refractivity contribution in [1.29, 1.82) is 0 Å². The van der Waals surface area contributed by atoms with Gasteiger partial charge in [0.1, 0.15) is 0 Å². The summed E-state index contributed by atoms with van der Waals surface area (Å²) in [6.07, 6.45) is 2.10. The van der Waals surface area contributed by atoms with Crippen molar-refractivity contribution in [3.05, 3.63) is 58.9 Å². The Morgan fingerprint density at radius 3 is 2.70 bits per heavy atom. The van der Waals surface area contributed by atoms with Gasteiger partial charge >= 0.3 is 0 Å². The van der Waals surface area contributed by atoms with E-state index in [1.165, 1.54) is 22.4 Å². The summed E-state index contributed by atoms with van der Waals surface area (Å²) < 4.78 is 2.25. The molecule has 3 heteroatoms. The maximum absolute atomic E-state index is 12.0. The van der Waals surface area contributed by atoms with E-state index in [1.54, 1.807) is 6.92 Å². The first kappa shape index (κ1) is 13.0. The molecule has 3 rings (SSSR count). The first-order chi connectivity index (χ1) is 9.58. The fourth-order valence-corrected chi connectivity index (χ4v) is 3.18. The molecule has 0 saturated heterocycles. The molecule has 104 valence electrons. The third kappa shape index (κ3) is 2.03. The predicted molar refractivity (Wildman–Crippen MR) is 79.6 cm³/mol. The van der Waals surface area contributed by atoms with E-state index in [0.717, 1.165) is 13.1 Å². The first-order valence-electron chi connectivity index (χ1n) is 7.07. The summed E-state index contributed by atoms with van der Waals surface area (Å²) >= 11 is 0. The van der Waals surface area contributed by atoms with Crippen LogP contribution in [0.4, 0.5) is 0 Å². The molecule has 1 aromatic carbocycles. The summed E-state index contributed by atoms with van der Waals surface area (Å²) in [5, 5.41) is 0. The Hall–Kier alpha value is -2.03. The Morgan fingerprint density at radius 2 is 2.00 bits per heavy atom. The van der Waals surface area contributed by atoms with E-state index in [2.05, 4.69) is 54.9 Å². The molecule has 0 saturated carbocycles. The summed E-state index contributed by atoms with van der Waals surface area (Å²) in [4.78, 5) is 14.0. The smallest absolute Gasteiger partial charge is 0.220 e. The van der Waals surface area contributed by atoms with Crippen LogP contribution in [0.1, 0.15) is 35.3 Å². The normalized spacial score (nSPS) is 17.9. The number of aromatic nitrogens is 1. The van der Waals surface area contributed by atoms with Crippen LogP contribution in [0.2, 0.25) is 0 Å². The molecule has 0 radical (unpaired) electrons. The highest BCUT2D eigenvalue weighted by atomic mass is 16.2. The van der Waals surface area contributed by atoms with Crippen LogP contribution in [0.5, 0.6) is 0 Å². The fraction of sp³-hybridized carbons (Fsp3) is 0.353. The summed E-state index contributed by atoms with van der Waals surface area (Å²) in [6.45, 7) is 7.54. The van der Waals surface area contributed by atoms with Gasteiger partial charge in [0.2, 0.25) is 5.91 Å². The standard InChI is InChI=1S/C17H20N2O/c1-12-6-7-15(13(2)11-12)17-16-5-4-8-18(16)9-10-19(17)14(3)20/h4-8,11,17H,9-10H2,1-3H3. The molecule has 20 heavy (non-hydrogen) atoms. The molecule has 1 aliphatic rings. The van der Waals surface area contributed by atoms with Crippen molar-refractivity contribution >= 4 is 5.91 Å². The quantitative estimate of drug-likeness (QED) is 0.780. The van der Waals surface area contributed by atoms with Crippen LogP contribution in [-0.2, 0) is 11.3 Å². The number of carbonyl (C=O) groups excluding carboxylic acids is 1. The number of fused-ring (bicyclic) bond motifs is 1. The van der Waals surface area contributed by atoms with Gasteiger partial charge in [-0.05, 0) is 37.1 Å². The molecule has 1 amide bonds. The zero-order valence-corrected chi connectivity index (χ0v) is 12.3. The molecule has 1 aliphatic heterocycles.